The molecular formula is C21H24N2O2S. The number of nitrogens with one attached hydrogen (secondary N) is 1. The average Bonchev–Trinajstić information content (AvgIpc) is 3.04. The van der Waals surface area contributed by atoms with Crippen LogP contribution in [0.25, 0.3) is 11.1 Å². The topological polar surface area (TPSA) is 55.1 Å². The number of benzene rings is 2. The van der Waals surface area contributed by atoms with Crippen LogP contribution < -0.4 is 5.32 Å². The number of hydrogen-bond donors (Lipinski definition) is 1. The van der Waals surface area contributed by atoms with Crippen LogP contribution in [0.2, 0.25) is 0 Å². The van der Waals surface area contributed by atoms with Gasteiger partial charge in [-0.3, -0.25) is 4.79 Å². The molecule has 0 radical (unpaired) electrons. The molecule has 1 N–H and O–H groups in total. The fourth-order valence-corrected chi connectivity index (χ4v) is 3.31. The SMILES string of the molecule is Cc1cccc2oc(SCc3cccc(C(=O)N[C@@H](C)C(C)C)c3)nc12. The van der Waals surface area contributed by atoms with E-state index in [9.17, 15) is 4.79 Å². The smallest absolute Gasteiger partial charge is 0.257 e. The summed E-state index contributed by atoms with van der Waals surface area (Å²) in [5, 5.41) is 3.69. The number of oxazole rings is 1. The zero-order valence-corrected chi connectivity index (χ0v) is 16.4. The maximum Gasteiger partial charge on any atom is 0.257 e. The molecule has 1 aromatic heterocycles. The molecule has 0 saturated carbocycles. The molecule has 26 heavy (non-hydrogen) atoms. The molecule has 3 aromatic rings. The Bertz CT molecular complexity index is 917. The van der Waals surface area contributed by atoms with Gasteiger partial charge in [-0.05, 0) is 49.1 Å². The van der Waals surface area contributed by atoms with E-state index in [4.69, 9.17) is 4.42 Å². The molecule has 5 heteroatoms. The summed E-state index contributed by atoms with van der Waals surface area (Å²) < 4.78 is 5.80. The average molecular weight is 369 g/mol. The molecule has 0 fully saturated rings. The lowest BCUT2D eigenvalue weighted by atomic mass is 10.1. The van der Waals surface area contributed by atoms with Crippen LogP contribution >= 0.6 is 11.8 Å². The molecule has 0 saturated heterocycles. The summed E-state index contributed by atoms with van der Waals surface area (Å²) >= 11 is 1.54. The largest absolute Gasteiger partial charge is 0.431 e. The Hall–Kier alpha value is -2.27. The number of thioether (sulfide) groups is 1. The standard InChI is InChI=1S/C21H24N2O2S/c1-13(2)15(4)22-20(24)17-9-6-8-16(11-17)12-26-21-23-19-14(3)7-5-10-18(19)25-21/h5-11,13,15H,12H2,1-4H3,(H,22,24)/t15-/m0/s1. The fraction of sp³-hybridized carbons (Fsp3) is 0.333. The van der Waals surface area contributed by atoms with Gasteiger partial charge in [0.05, 0.1) is 0 Å². The van der Waals surface area contributed by atoms with Crippen LogP contribution in [0, 0.1) is 12.8 Å². The zero-order valence-electron chi connectivity index (χ0n) is 15.6. The fourth-order valence-electron chi connectivity index (χ4n) is 2.53. The molecule has 136 valence electrons. The van der Waals surface area contributed by atoms with E-state index in [1.807, 2.05) is 56.3 Å². The Morgan fingerprint density at radius 2 is 1.96 bits per heavy atom. The number of amides is 1. The van der Waals surface area contributed by atoms with Crippen molar-refractivity contribution in [1.82, 2.24) is 10.3 Å². The van der Waals surface area contributed by atoms with Crippen molar-refractivity contribution in [3.63, 3.8) is 0 Å². The summed E-state index contributed by atoms with van der Waals surface area (Å²) in [6.07, 6.45) is 0. The summed E-state index contributed by atoms with van der Waals surface area (Å²) in [7, 11) is 0. The third kappa shape index (κ3) is 4.28. The van der Waals surface area contributed by atoms with E-state index in [2.05, 4.69) is 24.1 Å². The molecule has 4 nitrogen and oxygen atoms in total. The first-order valence-electron chi connectivity index (χ1n) is 8.83. The van der Waals surface area contributed by atoms with Gasteiger partial charge in [-0.1, -0.05) is 49.9 Å². The quantitative estimate of drug-likeness (QED) is 0.607. The molecule has 0 aliphatic heterocycles. The van der Waals surface area contributed by atoms with Crippen molar-refractivity contribution in [2.75, 3.05) is 0 Å². The molecule has 1 amide bonds. The highest BCUT2D eigenvalue weighted by Crippen LogP contribution is 2.27. The van der Waals surface area contributed by atoms with Crippen molar-refractivity contribution in [3.8, 4) is 0 Å². The summed E-state index contributed by atoms with van der Waals surface area (Å²) in [6.45, 7) is 8.25. The number of aryl methyl sites for hydroxylation is 1. The first-order valence-corrected chi connectivity index (χ1v) is 9.81. The van der Waals surface area contributed by atoms with Crippen LogP contribution in [0.4, 0.5) is 0 Å². The highest BCUT2D eigenvalue weighted by atomic mass is 32.2. The maximum atomic E-state index is 12.4. The first-order chi connectivity index (χ1) is 12.4. The number of carbonyl (C=O) groups is 1. The predicted octanol–water partition coefficient (Wildman–Crippen LogP) is 5.20. The van der Waals surface area contributed by atoms with Crippen molar-refractivity contribution in [2.45, 2.75) is 44.7 Å². The molecule has 1 heterocycles. The molecule has 3 rings (SSSR count). The lowest BCUT2D eigenvalue weighted by molar-refractivity contribution is 0.0930. The third-order valence-corrected chi connectivity index (χ3v) is 5.41. The molecule has 0 unspecified atom stereocenters. The predicted molar refractivity (Wildman–Crippen MR) is 107 cm³/mol. The number of aromatic nitrogens is 1. The second-order valence-corrected chi connectivity index (χ2v) is 7.82. The number of fused-ring (bicyclic) bond motifs is 1. The van der Waals surface area contributed by atoms with Crippen LogP contribution in [0.1, 0.15) is 42.3 Å². The van der Waals surface area contributed by atoms with E-state index in [1.54, 1.807) is 0 Å². The number of nitrogens with zero attached hydrogens (tertiary/aromatic N) is 1. The molecule has 0 spiro atoms. The van der Waals surface area contributed by atoms with Crippen molar-refractivity contribution >= 4 is 28.8 Å². The minimum atomic E-state index is -0.0319. The van der Waals surface area contributed by atoms with Gasteiger partial charge in [0.2, 0.25) is 0 Å². The number of hydrogen-bond acceptors (Lipinski definition) is 4. The van der Waals surface area contributed by atoms with Crippen LogP contribution in [0.5, 0.6) is 0 Å². The summed E-state index contributed by atoms with van der Waals surface area (Å²) in [4.78, 5) is 17.0. The minimum Gasteiger partial charge on any atom is -0.431 e. The second kappa shape index (κ2) is 7.96. The van der Waals surface area contributed by atoms with Crippen molar-refractivity contribution in [1.29, 1.82) is 0 Å². The van der Waals surface area contributed by atoms with Gasteiger partial charge < -0.3 is 9.73 Å². The van der Waals surface area contributed by atoms with Crippen molar-refractivity contribution in [2.24, 2.45) is 5.92 Å². The van der Waals surface area contributed by atoms with Gasteiger partial charge in [0, 0.05) is 17.4 Å². The molecular weight excluding hydrogens is 344 g/mol. The lowest BCUT2D eigenvalue weighted by Gasteiger charge is -2.17. The summed E-state index contributed by atoms with van der Waals surface area (Å²) in [5.41, 5.74) is 4.58. The Labute approximate surface area is 158 Å². The van der Waals surface area contributed by atoms with E-state index >= 15 is 0 Å². The first kappa shape index (κ1) is 18.5. The van der Waals surface area contributed by atoms with Crippen LogP contribution in [-0.2, 0) is 5.75 Å². The lowest BCUT2D eigenvalue weighted by Crippen LogP contribution is -2.36. The van der Waals surface area contributed by atoms with Gasteiger partial charge in [0.15, 0.2) is 5.58 Å². The highest BCUT2D eigenvalue weighted by Gasteiger charge is 2.13. The third-order valence-electron chi connectivity index (χ3n) is 4.51. The van der Waals surface area contributed by atoms with E-state index in [1.165, 1.54) is 11.8 Å². The van der Waals surface area contributed by atoms with Crippen molar-refractivity contribution in [3.05, 3.63) is 59.2 Å². The number of para-hydroxylation sites is 1. The van der Waals surface area contributed by atoms with Gasteiger partial charge >= 0.3 is 0 Å². The van der Waals surface area contributed by atoms with E-state index in [0.29, 0.717) is 22.5 Å². The van der Waals surface area contributed by atoms with E-state index < -0.39 is 0 Å². The van der Waals surface area contributed by atoms with Crippen LogP contribution in [-0.4, -0.2) is 16.9 Å². The number of carbonyl (C=O) groups excluding carboxylic acids is 1. The minimum absolute atomic E-state index is 0.0319. The van der Waals surface area contributed by atoms with Crippen LogP contribution in [0.15, 0.2) is 52.1 Å². The van der Waals surface area contributed by atoms with Gasteiger partial charge in [0.1, 0.15) is 5.52 Å². The van der Waals surface area contributed by atoms with Crippen molar-refractivity contribution < 1.29 is 9.21 Å². The molecule has 0 bridgehead atoms. The zero-order chi connectivity index (χ0) is 18.7. The van der Waals surface area contributed by atoms with E-state index in [-0.39, 0.29) is 11.9 Å². The van der Waals surface area contributed by atoms with Gasteiger partial charge in [-0.2, -0.15) is 0 Å². The molecule has 2 aromatic carbocycles. The summed E-state index contributed by atoms with van der Waals surface area (Å²) in [5.74, 6) is 1.07. The molecule has 0 aliphatic rings. The maximum absolute atomic E-state index is 12.4. The molecule has 0 aliphatic carbocycles. The van der Waals surface area contributed by atoms with E-state index in [0.717, 1.165) is 22.2 Å². The van der Waals surface area contributed by atoms with Gasteiger partial charge in [0.25, 0.3) is 11.1 Å². The Balaban J connectivity index is 1.68. The highest BCUT2D eigenvalue weighted by molar-refractivity contribution is 7.98. The van der Waals surface area contributed by atoms with Crippen LogP contribution in [0.3, 0.4) is 0 Å². The Morgan fingerprint density at radius 1 is 1.19 bits per heavy atom. The summed E-state index contributed by atoms with van der Waals surface area (Å²) in [6, 6.07) is 13.8. The molecule has 1 atom stereocenters. The number of rotatable bonds is 6. The normalized spacial score (nSPS) is 12.5. The second-order valence-electron chi connectivity index (χ2n) is 6.90. The van der Waals surface area contributed by atoms with Gasteiger partial charge in [-0.15, -0.1) is 0 Å². The monoisotopic (exact) mass is 368 g/mol. The van der Waals surface area contributed by atoms with Gasteiger partial charge in [-0.25, -0.2) is 4.98 Å². The Kier molecular flexibility index (Phi) is 5.67. The Morgan fingerprint density at radius 3 is 2.69 bits per heavy atom.